The van der Waals surface area contributed by atoms with E-state index in [0.29, 0.717) is 0 Å². The molecule has 1 aliphatic carbocycles. The van der Waals surface area contributed by atoms with Crippen LogP contribution in [0.5, 0.6) is 0 Å². The molecule has 5 heteroatoms. The Labute approximate surface area is 113 Å². The summed E-state index contributed by atoms with van der Waals surface area (Å²) in [5.74, 6) is -3.19. The summed E-state index contributed by atoms with van der Waals surface area (Å²) in [4.78, 5) is 12.4. The lowest BCUT2D eigenvalue weighted by Crippen LogP contribution is -2.63. The number of carbonyl (C=O) groups excluding carboxylic acids is 1. The maximum atomic E-state index is 13.3. The second-order valence-electron chi connectivity index (χ2n) is 6.87. The van der Waals surface area contributed by atoms with E-state index in [0.717, 1.165) is 25.8 Å². The predicted octanol–water partition coefficient (Wildman–Crippen LogP) is 2.89. The SMILES string of the molecule is CC(C)(C)OC(=O)C1(C2CCCCN2)CC(F)(F)C1. The molecule has 1 unspecified atom stereocenters. The van der Waals surface area contributed by atoms with E-state index in [1.165, 1.54) is 0 Å². The largest absolute Gasteiger partial charge is 0.459 e. The zero-order chi connectivity index (χ0) is 14.3. The molecule has 2 rings (SSSR count). The minimum absolute atomic E-state index is 0.171. The average Bonchev–Trinajstić information content (AvgIpc) is 2.24. The van der Waals surface area contributed by atoms with Gasteiger partial charge < -0.3 is 10.1 Å². The third kappa shape index (κ3) is 3.07. The van der Waals surface area contributed by atoms with Gasteiger partial charge in [0.05, 0.1) is 5.41 Å². The summed E-state index contributed by atoms with van der Waals surface area (Å²) >= 11 is 0. The molecule has 19 heavy (non-hydrogen) atoms. The highest BCUT2D eigenvalue weighted by Crippen LogP contribution is 2.56. The van der Waals surface area contributed by atoms with E-state index < -0.39 is 22.9 Å². The summed E-state index contributed by atoms with van der Waals surface area (Å²) in [6, 6.07) is -0.171. The van der Waals surface area contributed by atoms with Crippen LogP contribution in [0.4, 0.5) is 8.78 Å². The van der Waals surface area contributed by atoms with Crippen LogP contribution in [0.1, 0.15) is 52.9 Å². The lowest BCUT2D eigenvalue weighted by molar-refractivity contribution is -0.215. The van der Waals surface area contributed by atoms with Gasteiger partial charge in [-0.25, -0.2) is 8.78 Å². The summed E-state index contributed by atoms with van der Waals surface area (Å²) < 4.78 is 32.1. The monoisotopic (exact) mass is 275 g/mol. The number of halogens is 2. The summed E-state index contributed by atoms with van der Waals surface area (Å²) in [6.07, 6.45) is 2.03. The number of ether oxygens (including phenoxy) is 1. The van der Waals surface area contributed by atoms with Crippen molar-refractivity contribution >= 4 is 5.97 Å². The molecular weight excluding hydrogens is 252 g/mol. The van der Waals surface area contributed by atoms with Crippen molar-refractivity contribution in [3.8, 4) is 0 Å². The number of esters is 1. The van der Waals surface area contributed by atoms with Crippen LogP contribution in [0.3, 0.4) is 0 Å². The van der Waals surface area contributed by atoms with Gasteiger partial charge in [-0.2, -0.15) is 0 Å². The van der Waals surface area contributed by atoms with Crippen LogP contribution in [-0.2, 0) is 9.53 Å². The van der Waals surface area contributed by atoms with Crippen molar-refractivity contribution in [3.63, 3.8) is 0 Å². The van der Waals surface area contributed by atoms with Crippen LogP contribution in [0.2, 0.25) is 0 Å². The second kappa shape index (κ2) is 4.69. The number of alkyl halides is 2. The molecule has 1 saturated heterocycles. The maximum Gasteiger partial charge on any atom is 0.314 e. The van der Waals surface area contributed by atoms with Gasteiger partial charge in [-0.1, -0.05) is 6.42 Å². The van der Waals surface area contributed by atoms with Crippen molar-refractivity contribution in [2.75, 3.05) is 6.54 Å². The summed E-state index contributed by atoms with van der Waals surface area (Å²) in [7, 11) is 0. The van der Waals surface area contributed by atoms with Gasteiger partial charge in [0, 0.05) is 18.9 Å². The number of rotatable bonds is 2. The Kier molecular flexibility index (Phi) is 3.62. The molecule has 0 aromatic heterocycles. The van der Waals surface area contributed by atoms with Crippen LogP contribution in [0.15, 0.2) is 0 Å². The van der Waals surface area contributed by atoms with E-state index in [1.807, 2.05) is 0 Å². The number of hydrogen-bond donors (Lipinski definition) is 1. The molecule has 110 valence electrons. The van der Waals surface area contributed by atoms with Gasteiger partial charge in [0.15, 0.2) is 0 Å². The van der Waals surface area contributed by atoms with Crippen LogP contribution < -0.4 is 5.32 Å². The van der Waals surface area contributed by atoms with E-state index in [1.54, 1.807) is 20.8 Å². The molecule has 0 aromatic carbocycles. The molecule has 1 N–H and O–H groups in total. The molecular formula is C14H23F2NO2. The summed E-state index contributed by atoms with van der Waals surface area (Å²) in [5, 5.41) is 3.23. The third-order valence-electron chi connectivity index (χ3n) is 3.93. The highest BCUT2D eigenvalue weighted by molar-refractivity contribution is 5.80. The Balaban J connectivity index is 2.14. The first-order valence-electron chi connectivity index (χ1n) is 6.99. The molecule has 1 aliphatic heterocycles. The molecule has 1 atom stereocenters. The number of carbonyl (C=O) groups is 1. The molecule has 2 fully saturated rings. The van der Waals surface area contributed by atoms with E-state index in [4.69, 9.17) is 4.74 Å². The highest BCUT2D eigenvalue weighted by Gasteiger charge is 2.65. The molecule has 0 amide bonds. The zero-order valence-electron chi connectivity index (χ0n) is 11.9. The van der Waals surface area contributed by atoms with E-state index in [-0.39, 0.29) is 18.9 Å². The van der Waals surface area contributed by atoms with Crippen molar-refractivity contribution in [1.29, 1.82) is 0 Å². The smallest absolute Gasteiger partial charge is 0.314 e. The fourth-order valence-corrected chi connectivity index (χ4v) is 3.11. The molecule has 0 spiro atoms. The van der Waals surface area contributed by atoms with Crippen LogP contribution in [0.25, 0.3) is 0 Å². The Hall–Kier alpha value is -0.710. The predicted molar refractivity (Wildman–Crippen MR) is 68.1 cm³/mol. The van der Waals surface area contributed by atoms with Gasteiger partial charge in [-0.15, -0.1) is 0 Å². The molecule has 3 nitrogen and oxygen atoms in total. The molecule has 0 aromatic rings. The molecule has 0 bridgehead atoms. The quantitative estimate of drug-likeness (QED) is 0.788. The Morgan fingerprint density at radius 1 is 1.26 bits per heavy atom. The van der Waals surface area contributed by atoms with Crippen molar-refractivity contribution < 1.29 is 18.3 Å². The Morgan fingerprint density at radius 2 is 1.89 bits per heavy atom. The lowest BCUT2D eigenvalue weighted by atomic mass is 9.60. The van der Waals surface area contributed by atoms with Crippen LogP contribution in [0, 0.1) is 5.41 Å². The van der Waals surface area contributed by atoms with Gasteiger partial charge in [0.2, 0.25) is 0 Å². The molecule has 1 heterocycles. The normalized spacial score (nSPS) is 29.4. The van der Waals surface area contributed by atoms with Gasteiger partial charge in [0.1, 0.15) is 5.60 Å². The van der Waals surface area contributed by atoms with Crippen LogP contribution in [-0.4, -0.2) is 30.1 Å². The highest BCUT2D eigenvalue weighted by atomic mass is 19.3. The van der Waals surface area contributed by atoms with Gasteiger partial charge in [0.25, 0.3) is 5.92 Å². The first-order valence-corrected chi connectivity index (χ1v) is 6.99. The van der Waals surface area contributed by atoms with Gasteiger partial charge in [-0.05, 0) is 40.2 Å². The first-order chi connectivity index (χ1) is 8.65. The second-order valence-corrected chi connectivity index (χ2v) is 6.87. The zero-order valence-corrected chi connectivity index (χ0v) is 11.9. The number of nitrogens with one attached hydrogen (secondary N) is 1. The van der Waals surface area contributed by atoms with E-state index >= 15 is 0 Å². The van der Waals surface area contributed by atoms with Crippen molar-refractivity contribution in [2.45, 2.75) is 70.4 Å². The molecule has 0 radical (unpaired) electrons. The van der Waals surface area contributed by atoms with E-state index in [9.17, 15) is 13.6 Å². The van der Waals surface area contributed by atoms with Crippen LogP contribution >= 0.6 is 0 Å². The summed E-state index contributed by atoms with van der Waals surface area (Å²) in [5.41, 5.74) is -1.67. The Bertz CT molecular complexity index is 349. The van der Waals surface area contributed by atoms with Gasteiger partial charge >= 0.3 is 5.97 Å². The van der Waals surface area contributed by atoms with Crippen molar-refractivity contribution in [2.24, 2.45) is 5.41 Å². The minimum atomic E-state index is -2.73. The van der Waals surface area contributed by atoms with Crippen molar-refractivity contribution in [3.05, 3.63) is 0 Å². The average molecular weight is 275 g/mol. The molecule has 1 saturated carbocycles. The maximum absolute atomic E-state index is 13.3. The Morgan fingerprint density at radius 3 is 2.32 bits per heavy atom. The number of piperidine rings is 1. The van der Waals surface area contributed by atoms with Crippen molar-refractivity contribution in [1.82, 2.24) is 5.32 Å². The molecule has 2 aliphatic rings. The summed E-state index contributed by atoms with van der Waals surface area (Å²) in [6.45, 7) is 6.10. The first kappa shape index (κ1) is 14.7. The third-order valence-corrected chi connectivity index (χ3v) is 3.93. The fourth-order valence-electron chi connectivity index (χ4n) is 3.11. The number of hydrogen-bond acceptors (Lipinski definition) is 3. The standard InChI is InChI=1S/C14H23F2NO2/c1-12(2,3)19-11(18)13(8-14(15,16)9-13)10-6-4-5-7-17-10/h10,17H,4-9H2,1-3H3. The van der Waals surface area contributed by atoms with E-state index in [2.05, 4.69) is 5.32 Å². The minimum Gasteiger partial charge on any atom is -0.459 e. The van der Waals surface area contributed by atoms with Gasteiger partial charge in [-0.3, -0.25) is 4.79 Å². The fraction of sp³-hybridized carbons (Fsp3) is 0.929. The topological polar surface area (TPSA) is 38.3 Å². The lowest BCUT2D eigenvalue weighted by Gasteiger charge is -2.51.